The quantitative estimate of drug-likeness (QED) is 0.0346. The van der Waals surface area contributed by atoms with E-state index in [1.807, 2.05) is 0 Å². The number of hydrogen-bond acceptors (Lipinski definition) is 10. The van der Waals surface area contributed by atoms with Crippen molar-refractivity contribution in [2.45, 2.75) is 75.9 Å². The van der Waals surface area contributed by atoms with E-state index in [-0.39, 0.29) is 41.9 Å². The van der Waals surface area contributed by atoms with Gasteiger partial charge in [0.15, 0.2) is 5.96 Å². The van der Waals surface area contributed by atoms with Crippen LogP contribution in [0, 0.1) is 0 Å². The Kier molecular flexibility index (Phi) is 18.0. The summed E-state index contributed by atoms with van der Waals surface area (Å²) in [6.45, 7) is 1.26. The van der Waals surface area contributed by atoms with Crippen LogP contribution in [0.3, 0.4) is 0 Å². The molecule has 0 spiro atoms. The molecule has 0 aliphatic rings. The Morgan fingerprint density at radius 2 is 1.44 bits per heavy atom. The van der Waals surface area contributed by atoms with Gasteiger partial charge < -0.3 is 60.1 Å². The Balaban J connectivity index is 2.44. The van der Waals surface area contributed by atoms with E-state index in [4.69, 9.17) is 28.7 Å². The lowest BCUT2D eigenvalue weighted by Gasteiger charge is -2.20. The van der Waals surface area contributed by atoms with Gasteiger partial charge in [0.2, 0.25) is 29.5 Å². The van der Waals surface area contributed by atoms with Crippen LogP contribution in [0.25, 0.3) is 0 Å². The lowest BCUT2D eigenvalue weighted by molar-refractivity contribution is -0.131. The summed E-state index contributed by atoms with van der Waals surface area (Å²) in [6, 6.07) is 0.921. The van der Waals surface area contributed by atoms with Crippen molar-refractivity contribution in [3.05, 3.63) is 23.8 Å². The lowest BCUT2D eigenvalue weighted by Crippen LogP contribution is -2.51. The topological polar surface area (TPSA) is 316 Å². The molecule has 0 aromatic heterocycles. The third kappa shape index (κ3) is 16.7. The van der Waals surface area contributed by atoms with Gasteiger partial charge >= 0.3 is 0 Å². The van der Waals surface area contributed by atoms with Crippen molar-refractivity contribution < 1.29 is 34.2 Å². The van der Waals surface area contributed by atoms with Crippen LogP contribution in [0.2, 0.25) is 0 Å². The molecule has 0 heterocycles. The van der Waals surface area contributed by atoms with Gasteiger partial charge in [0, 0.05) is 31.3 Å². The van der Waals surface area contributed by atoms with Crippen molar-refractivity contribution in [3.8, 4) is 11.5 Å². The number of amides is 5. The number of aromatic hydroxyl groups is 2. The van der Waals surface area contributed by atoms with Gasteiger partial charge in [0.25, 0.3) is 0 Å². The second-order valence-corrected chi connectivity index (χ2v) is 10.5. The van der Waals surface area contributed by atoms with Gasteiger partial charge in [-0.05, 0) is 57.6 Å². The van der Waals surface area contributed by atoms with Crippen LogP contribution in [0.1, 0.15) is 56.9 Å². The van der Waals surface area contributed by atoms with Crippen LogP contribution < -0.4 is 49.9 Å². The van der Waals surface area contributed by atoms with Crippen LogP contribution >= 0.6 is 0 Å². The zero-order valence-corrected chi connectivity index (χ0v) is 25.4. The number of carbonyl (C=O) groups is 5. The molecule has 252 valence electrons. The van der Waals surface area contributed by atoms with Gasteiger partial charge in [-0.25, -0.2) is 0 Å². The van der Waals surface area contributed by atoms with E-state index in [2.05, 4.69) is 26.3 Å². The van der Waals surface area contributed by atoms with E-state index in [1.54, 1.807) is 0 Å². The molecular formula is C28H48N10O7. The molecule has 5 amide bonds. The standard InChI is InChI=1S/C28H48N10O7/c29-10-4-7-20(38-25(43)19(30)6-5-13-36-28(32)33)26(44)34-11-2-1-3-12-35-27(45)21(16-23(31)41)37-24(42)14-17-8-9-18(39)15-22(17)40/h8-9,15,19-21,39-40H,1-7,10-14,16,29-30H2,(H2,31,41)(H,34,44)(H,35,45)(H,37,42)(H,38,43)(H4,32,33,36)/t19-,20+,21+/m1/s1. The summed E-state index contributed by atoms with van der Waals surface area (Å²) in [7, 11) is 0. The highest BCUT2D eigenvalue weighted by molar-refractivity contribution is 5.92. The molecule has 0 fully saturated rings. The molecule has 17 heteroatoms. The minimum Gasteiger partial charge on any atom is -0.508 e. The predicted molar refractivity (Wildman–Crippen MR) is 167 cm³/mol. The number of primary amides is 1. The van der Waals surface area contributed by atoms with E-state index in [1.165, 1.54) is 12.1 Å². The highest BCUT2D eigenvalue weighted by atomic mass is 16.3. The van der Waals surface area contributed by atoms with Gasteiger partial charge in [-0.3, -0.25) is 29.0 Å². The molecule has 1 rings (SSSR count). The Bertz CT molecular complexity index is 1160. The average molecular weight is 637 g/mol. The van der Waals surface area contributed by atoms with E-state index in [0.29, 0.717) is 64.6 Å². The molecule has 0 aliphatic heterocycles. The minimum absolute atomic E-state index is 0.0440. The van der Waals surface area contributed by atoms with Crippen molar-refractivity contribution in [1.82, 2.24) is 21.3 Å². The largest absolute Gasteiger partial charge is 0.508 e. The number of unbranched alkanes of at least 4 members (excludes halogenated alkanes) is 2. The fourth-order valence-electron chi connectivity index (χ4n) is 4.15. The first-order valence-electron chi connectivity index (χ1n) is 14.8. The third-order valence-corrected chi connectivity index (χ3v) is 6.56. The molecule has 16 N–H and O–H groups in total. The second-order valence-electron chi connectivity index (χ2n) is 10.5. The number of nitrogens with two attached hydrogens (primary N) is 5. The molecule has 0 saturated heterocycles. The fourth-order valence-corrected chi connectivity index (χ4v) is 4.15. The van der Waals surface area contributed by atoms with Crippen LogP contribution in [0.15, 0.2) is 23.2 Å². The van der Waals surface area contributed by atoms with Crippen LogP contribution in [-0.4, -0.2) is 90.0 Å². The summed E-state index contributed by atoms with van der Waals surface area (Å²) in [5.41, 5.74) is 27.5. The summed E-state index contributed by atoms with van der Waals surface area (Å²) in [6.07, 6.45) is 2.76. The van der Waals surface area contributed by atoms with Crippen LogP contribution in [0.4, 0.5) is 0 Å². The number of rotatable bonds is 22. The Morgan fingerprint density at radius 3 is 2.02 bits per heavy atom. The number of benzene rings is 1. The zero-order chi connectivity index (χ0) is 33.8. The first kappa shape index (κ1) is 38.4. The number of nitrogens with one attached hydrogen (secondary N) is 4. The summed E-state index contributed by atoms with van der Waals surface area (Å²) in [5.74, 6) is -3.33. The fraction of sp³-hybridized carbons (Fsp3) is 0.571. The SMILES string of the molecule is NCCC[C@H](NC(=O)[C@H](N)CCCN=C(N)N)C(=O)NCCCCCNC(=O)[C@H](CC(N)=O)NC(=O)Cc1ccc(O)cc1O. The first-order valence-corrected chi connectivity index (χ1v) is 14.8. The molecule has 0 saturated carbocycles. The zero-order valence-electron chi connectivity index (χ0n) is 25.4. The van der Waals surface area contributed by atoms with Crippen molar-refractivity contribution in [2.75, 3.05) is 26.2 Å². The van der Waals surface area contributed by atoms with Crippen molar-refractivity contribution in [2.24, 2.45) is 33.7 Å². The summed E-state index contributed by atoms with van der Waals surface area (Å²) in [4.78, 5) is 65.5. The highest BCUT2D eigenvalue weighted by Gasteiger charge is 2.24. The molecule has 17 nitrogen and oxygen atoms in total. The Hall–Kier alpha value is -4.64. The second kappa shape index (κ2) is 21.1. The number of hydrogen-bond donors (Lipinski definition) is 11. The monoisotopic (exact) mass is 636 g/mol. The molecule has 1 aromatic rings. The number of aliphatic imine (C=N–C) groups is 1. The summed E-state index contributed by atoms with van der Waals surface area (Å²) < 4.78 is 0. The number of phenols is 2. The van der Waals surface area contributed by atoms with E-state index in [0.717, 1.165) is 6.07 Å². The van der Waals surface area contributed by atoms with E-state index < -0.39 is 48.2 Å². The molecule has 0 bridgehead atoms. The van der Waals surface area contributed by atoms with Gasteiger partial charge in [-0.1, -0.05) is 6.07 Å². The predicted octanol–water partition coefficient (Wildman–Crippen LogP) is -2.99. The van der Waals surface area contributed by atoms with Crippen molar-refractivity contribution >= 4 is 35.5 Å². The molecule has 1 aromatic carbocycles. The number of carbonyl (C=O) groups excluding carboxylic acids is 5. The number of guanidine groups is 1. The highest BCUT2D eigenvalue weighted by Crippen LogP contribution is 2.22. The third-order valence-electron chi connectivity index (χ3n) is 6.56. The van der Waals surface area contributed by atoms with Crippen LogP contribution in [-0.2, 0) is 30.4 Å². The summed E-state index contributed by atoms with van der Waals surface area (Å²) >= 11 is 0. The molecule has 0 aliphatic carbocycles. The van der Waals surface area contributed by atoms with Gasteiger partial charge in [0.05, 0.1) is 18.9 Å². The van der Waals surface area contributed by atoms with E-state index >= 15 is 0 Å². The van der Waals surface area contributed by atoms with Gasteiger partial charge in [-0.2, -0.15) is 0 Å². The smallest absolute Gasteiger partial charge is 0.243 e. The van der Waals surface area contributed by atoms with Crippen molar-refractivity contribution in [1.29, 1.82) is 0 Å². The minimum atomic E-state index is -1.21. The Labute approximate surface area is 262 Å². The maximum absolute atomic E-state index is 12.7. The average Bonchev–Trinajstić information content (AvgIpc) is 2.97. The maximum Gasteiger partial charge on any atom is 0.243 e. The molecule has 45 heavy (non-hydrogen) atoms. The van der Waals surface area contributed by atoms with Gasteiger partial charge in [0.1, 0.15) is 23.6 Å². The normalized spacial score (nSPS) is 12.7. The van der Waals surface area contributed by atoms with Crippen LogP contribution in [0.5, 0.6) is 11.5 Å². The molecular weight excluding hydrogens is 588 g/mol. The number of phenolic OH excluding ortho intramolecular Hbond substituents is 2. The molecule has 0 radical (unpaired) electrons. The van der Waals surface area contributed by atoms with Gasteiger partial charge in [-0.15, -0.1) is 0 Å². The molecule has 0 unspecified atom stereocenters. The molecule has 3 atom stereocenters. The summed E-state index contributed by atoms with van der Waals surface area (Å²) in [5, 5.41) is 29.8. The first-order chi connectivity index (χ1) is 21.3. The Morgan fingerprint density at radius 1 is 0.800 bits per heavy atom. The maximum atomic E-state index is 12.7. The van der Waals surface area contributed by atoms with Crippen molar-refractivity contribution in [3.63, 3.8) is 0 Å². The lowest BCUT2D eigenvalue weighted by atomic mass is 10.1. The number of nitrogens with zero attached hydrogens (tertiary/aromatic N) is 1. The van der Waals surface area contributed by atoms with E-state index in [9.17, 15) is 34.2 Å².